The molecule has 6 nitrogen and oxygen atoms in total. The van der Waals surface area contributed by atoms with Gasteiger partial charge in [-0.2, -0.15) is 5.10 Å². The highest BCUT2D eigenvalue weighted by Gasteiger charge is 2.21. The topological polar surface area (TPSA) is 76.5 Å². The number of hydrazone groups is 1. The van der Waals surface area contributed by atoms with Crippen molar-refractivity contribution in [1.82, 2.24) is 9.97 Å². The summed E-state index contributed by atoms with van der Waals surface area (Å²) in [5.74, 6) is -0.144. The van der Waals surface area contributed by atoms with E-state index in [2.05, 4.69) is 20.5 Å². The second-order valence-corrected chi connectivity index (χ2v) is 7.06. The van der Waals surface area contributed by atoms with E-state index >= 15 is 0 Å². The Kier molecular flexibility index (Phi) is 5.47. The van der Waals surface area contributed by atoms with E-state index in [4.69, 9.17) is 27.9 Å². The number of aromatic nitrogens is 2. The molecule has 2 aromatic heterocycles. The number of para-hydroxylation sites is 1. The van der Waals surface area contributed by atoms with Crippen LogP contribution in [0, 0.1) is 0 Å². The third kappa shape index (κ3) is 3.89. The predicted octanol–water partition coefficient (Wildman–Crippen LogP) is 4.38. The molecule has 128 valence electrons. The normalized spacial score (nSPS) is 11.6. The zero-order valence-corrected chi connectivity index (χ0v) is 15.3. The maximum absolute atomic E-state index is 12.3. The number of hydrogen-bond donors (Lipinski definition) is 1. The lowest BCUT2D eigenvalue weighted by Gasteiger charge is -2.07. The van der Waals surface area contributed by atoms with Gasteiger partial charge >= 0.3 is 5.97 Å². The molecule has 0 amide bonds. The minimum atomic E-state index is -0.607. The number of thiophene rings is 1. The van der Waals surface area contributed by atoms with Gasteiger partial charge in [0, 0.05) is 10.9 Å². The number of rotatable bonds is 5. The van der Waals surface area contributed by atoms with E-state index in [1.807, 2.05) is 24.3 Å². The monoisotopic (exact) mass is 394 g/mol. The summed E-state index contributed by atoms with van der Waals surface area (Å²) in [6, 6.07) is 9.02. The Morgan fingerprint density at radius 1 is 1.32 bits per heavy atom. The van der Waals surface area contributed by atoms with Crippen LogP contribution in [0.15, 0.2) is 41.8 Å². The third-order valence-corrected chi connectivity index (χ3v) is 4.68. The average molecular weight is 395 g/mol. The van der Waals surface area contributed by atoms with E-state index in [1.54, 1.807) is 13.0 Å². The number of hydrogen-bond acceptors (Lipinski definition) is 7. The average Bonchev–Trinajstić information content (AvgIpc) is 2.94. The van der Waals surface area contributed by atoms with Gasteiger partial charge in [0.15, 0.2) is 11.5 Å². The third-order valence-electron chi connectivity index (χ3n) is 3.20. The van der Waals surface area contributed by atoms with Gasteiger partial charge < -0.3 is 4.74 Å². The molecule has 0 aliphatic carbocycles. The van der Waals surface area contributed by atoms with Gasteiger partial charge in [-0.3, -0.25) is 5.43 Å². The van der Waals surface area contributed by atoms with E-state index in [0.29, 0.717) is 20.1 Å². The summed E-state index contributed by atoms with van der Waals surface area (Å²) in [6.45, 7) is 1.92. The zero-order valence-electron chi connectivity index (χ0n) is 13.0. The lowest BCUT2D eigenvalue weighted by molar-refractivity contribution is -0.134. The van der Waals surface area contributed by atoms with E-state index < -0.39 is 5.97 Å². The first-order chi connectivity index (χ1) is 12.1. The van der Waals surface area contributed by atoms with Gasteiger partial charge in [0.2, 0.25) is 0 Å². The first-order valence-electron chi connectivity index (χ1n) is 7.26. The Labute approximate surface area is 157 Å². The lowest BCUT2D eigenvalue weighted by Crippen LogP contribution is -2.20. The van der Waals surface area contributed by atoms with Gasteiger partial charge in [0.05, 0.1) is 16.5 Å². The summed E-state index contributed by atoms with van der Waals surface area (Å²) >= 11 is 13.3. The van der Waals surface area contributed by atoms with Gasteiger partial charge in [0.1, 0.15) is 10.7 Å². The molecule has 1 N–H and O–H groups in total. The zero-order chi connectivity index (χ0) is 17.8. The van der Waals surface area contributed by atoms with Crippen LogP contribution in [0.3, 0.4) is 0 Å². The number of carbonyl (C=O) groups excluding carboxylic acids is 1. The van der Waals surface area contributed by atoms with Crippen LogP contribution in [0.25, 0.3) is 10.9 Å². The Morgan fingerprint density at radius 3 is 2.84 bits per heavy atom. The second kappa shape index (κ2) is 7.77. The van der Waals surface area contributed by atoms with Crippen molar-refractivity contribution in [3.05, 3.63) is 50.9 Å². The van der Waals surface area contributed by atoms with E-state index in [9.17, 15) is 4.79 Å². The summed E-state index contributed by atoms with van der Waals surface area (Å²) in [7, 11) is 0. The van der Waals surface area contributed by atoms with Crippen molar-refractivity contribution >= 4 is 62.9 Å². The molecule has 0 atom stereocenters. The number of carbonyl (C=O) groups is 1. The fourth-order valence-corrected chi connectivity index (χ4v) is 3.59. The molecule has 9 heteroatoms. The quantitative estimate of drug-likeness (QED) is 0.394. The summed E-state index contributed by atoms with van der Waals surface area (Å²) in [5.41, 5.74) is 3.98. The van der Waals surface area contributed by atoms with E-state index in [0.717, 1.165) is 22.2 Å². The van der Waals surface area contributed by atoms with Crippen LogP contribution in [-0.4, -0.2) is 28.3 Å². The first kappa shape index (κ1) is 17.6. The maximum atomic E-state index is 12.3. The molecular formula is C16H12Cl2N4O2S. The molecule has 0 bridgehead atoms. The number of benzene rings is 1. The van der Waals surface area contributed by atoms with Gasteiger partial charge in [-0.05, 0) is 25.1 Å². The van der Waals surface area contributed by atoms with Gasteiger partial charge in [0.25, 0.3) is 0 Å². The van der Waals surface area contributed by atoms with Crippen LogP contribution in [0.5, 0.6) is 0 Å². The number of esters is 1. The minimum Gasteiger partial charge on any atom is -0.461 e. The lowest BCUT2D eigenvalue weighted by atomic mass is 10.2. The SMILES string of the molecule is CCOC(=O)C(=NNc1ncnc2ccccc12)c1cc(Cl)sc1Cl. The summed E-state index contributed by atoms with van der Waals surface area (Å²) in [5, 5.41) is 4.94. The predicted molar refractivity (Wildman–Crippen MR) is 101 cm³/mol. The first-order valence-corrected chi connectivity index (χ1v) is 8.83. The fraction of sp³-hybridized carbons (Fsp3) is 0.125. The highest BCUT2D eigenvalue weighted by Crippen LogP contribution is 2.32. The van der Waals surface area contributed by atoms with Crippen molar-refractivity contribution in [3.8, 4) is 0 Å². The van der Waals surface area contributed by atoms with E-state index in [-0.39, 0.29) is 12.3 Å². The molecule has 1 aromatic carbocycles. The molecule has 0 saturated heterocycles. The highest BCUT2D eigenvalue weighted by atomic mass is 35.5. The molecule has 0 radical (unpaired) electrons. The van der Waals surface area contributed by atoms with Crippen molar-refractivity contribution in [1.29, 1.82) is 0 Å². The molecule has 2 heterocycles. The van der Waals surface area contributed by atoms with E-state index in [1.165, 1.54) is 6.33 Å². The molecule has 0 unspecified atom stereocenters. The molecule has 0 aliphatic rings. The summed E-state index contributed by atoms with van der Waals surface area (Å²) in [4.78, 5) is 20.6. The van der Waals surface area contributed by atoms with Crippen molar-refractivity contribution in [2.45, 2.75) is 6.92 Å². The maximum Gasteiger partial charge on any atom is 0.359 e. The molecule has 0 spiro atoms. The largest absolute Gasteiger partial charge is 0.461 e. The van der Waals surface area contributed by atoms with Crippen LogP contribution in [-0.2, 0) is 9.53 Å². The van der Waals surface area contributed by atoms with Gasteiger partial charge in [-0.1, -0.05) is 35.3 Å². The highest BCUT2D eigenvalue weighted by molar-refractivity contribution is 7.20. The molecule has 0 saturated carbocycles. The summed E-state index contributed by atoms with van der Waals surface area (Å²) < 4.78 is 5.86. The number of anilines is 1. The van der Waals surface area contributed by atoms with Crippen LogP contribution in [0.4, 0.5) is 5.82 Å². The van der Waals surface area contributed by atoms with Crippen LogP contribution in [0.1, 0.15) is 12.5 Å². The number of halogens is 2. The van der Waals surface area contributed by atoms with Crippen molar-refractivity contribution < 1.29 is 9.53 Å². The van der Waals surface area contributed by atoms with Crippen LogP contribution in [0.2, 0.25) is 8.67 Å². The smallest absolute Gasteiger partial charge is 0.359 e. The molecule has 0 aliphatic heterocycles. The Bertz CT molecular complexity index is 953. The number of nitrogens with zero attached hydrogens (tertiary/aromatic N) is 3. The Hall–Kier alpha value is -2.22. The standard InChI is InChI=1S/C16H12Cl2N4O2S/c1-2-24-16(23)13(10-7-12(17)25-14(10)18)21-22-15-9-5-3-4-6-11(9)19-8-20-15/h3-8H,2H2,1H3,(H,19,20,22). The summed E-state index contributed by atoms with van der Waals surface area (Å²) in [6.07, 6.45) is 1.42. The molecule has 3 rings (SSSR count). The van der Waals surface area contributed by atoms with Gasteiger partial charge in [-0.15, -0.1) is 11.3 Å². The number of fused-ring (bicyclic) bond motifs is 1. The van der Waals surface area contributed by atoms with Crippen LogP contribution >= 0.6 is 34.5 Å². The number of ether oxygens (including phenoxy) is 1. The van der Waals surface area contributed by atoms with Crippen molar-refractivity contribution in [2.24, 2.45) is 5.10 Å². The van der Waals surface area contributed by atoms with Crippen LogP contribution < -0.4 is 5.43 Å². The molecular weight excluding hydrogens is 383 g/mol. The fourth-order valence-electron chi connectivity index (χ4n) is 2.12. The molecule has 3 aromatic rings. The Balaban J connectivity index is 2.01. The minimum absolute atomic E-state index is 0.0256. The van der Waals surface area contributed by atoms with Crippen molar-refractivity contribution in [3.63, 3.8) is 0 Å². The second-order valence-electron chi connectivity index (χ2n) is 4.77. The number of nitrogens with one attached hydrogen (secondary N) is 1. The van der Waals surface area contributed by atoms with Gasteiger partial charge in [-0.25, -0.2) is 14.8 Å². The Morgan fingerprint density at radius 2 is 2.12 bits per heavy atom. The molecule has 25 heavy (non-hydrogen) atoms. The molecule has 0 fully saturated rings. The van der Waals surface area contributed by atoms with Crippen molar-refractivity contribution in [2.75, 3.05) is 12.0 Å².